The minimum absolute atomic E-state index is 0.0680. The van der Waals surface area contributed by atoms with Crippen molar-refractivity contribution in [3.05, 3.63) is 58.6 Å². The molecular formula is C17H16BrNOS. The number of anilines is 1. The van der Waals surface area contributed by atoms with Crippen molar-refractivity contribution in [3.63, 3.8) is 0 Å². The lowest BCUT2D eigenvalue weighted by molar-refractivity contribution is 0.0986. The topological polar surface area (TPSA) is 20.3 Å². The van der Waals surface area contributed by atoms with Gasteiger partial charge in [0.05, 0.1) is 5.69 Å². The van der Waals surface area contributed by atoms with Crippen LogP contribution in [0.25, 0.3) is 0 Å². The Morgan fingerprint density at radius 2 is 2.05 bits per heavy atom. The molecule has 0 radical (unpaired) electrons. The third-order valence-corrected chi connectivity index (χ3v) is 5.29. The second kappa shape index (κ2) is 6.24. The predicted octanol–water partition coefficient (Wildman–Crippen LogP) is 4.98. The Labute approximate surface area is 137 Å². The Morgan fingerprint density at radius 3 is 2.86 bits per heavy atom. The number of halogens is 1. The summed E-state index contributed by atoms with van der Waals surface area (Å²) in [6.45, 7) is 2.98. The van der Waals surface area contributed by atoms with E-state index < -0.39 is 0 Å². The van der Waals surface area contributed by atoms with Crippen LogP contribution >= 0.6 is 27.7 Å². The zero-order chi connectivity index (χ0) is 14.8. The summed E-state index contributed by atoms with van der Waals surface area (Å²) in [6, 6.07) is 15.8. The van der Waals surface area contributed by atoms with Gasteiger partial charge in [-0.1, -0.05) is 41.1 Å². The van der Waals surface area contributed by atoms with Crippen molar-refractivity contribution >= 4 is 39.3 Å². The highest BCUT2D eigenvalue weighted by Crippen LogP contribution is 2.37. The fourth-order valence-electron chi connectivity index (χ4n) is 2.48. The van der Waals surface area contributed by atoms with Crippen molar-refractivity contribution in [2.24, 2.45) is 0 Å². The molecule has 0 aromatic heterocycles. The number of nitrogens with zero attached hydrogens (tertiary/aromatic N) is 1. The summed E-state index contributed by atoms with van der Waals surface area (Å²) in [4.78, 5) is 16.0. The zero-order valence-electron chi connectivity index (χ0n) is 11.8. The fourth-order valence-corrected chi connectivity index (χ4v) is 3.99. The largest absolute Gasteiger partial charge is 0.307 e. The van der Waals surface area contributed by atoms with E-state index in [0.717, 1.165) is 28.7 Å². The number of fused-ring (bicyclic) bond motifs is 1. The van der Waals surface area contributed by atoms with E-state index in [0.29, 0.717) is 5.25 Å². The number of carbonyl (C=O) groups excluding carboxylic acids is 1. The van der Waals surface area contributed by atoms with Crippen molar-refractivity contribution < 1.29 is 4.79 Å². The number of carbonyl (C=O) groups is 1. The third kappa shape index (κ3) is 3.16. The van der Waals surface area contributed by atoms with Gasteiger partial charge in [-0.05, 0) is 36.8 Å². The Hall–Kier alpha value is -1.26. The fraction of sp³-hybridized carbons (Fsp3) is 0.235. The summed E-state index contributed by atoms with van der Waals surface area (Å²) in [5, 5.41) is 0.520. The lowest BCUT2D eigenvalue weighted by atomic mass is 10.1. The quantitative estimate of drug-likeness (QED) is 0.713. The zero-order valence-corrected chi connectivity index (χ0v) is 14.2. The van der Waals surface area contributed by atoms with Gasteiger partial charge in [-0.2, -0.15) is 0 Å². The highest BCUT2D eigenvalue weighted by Gasteiger charge is 2.24. The molecule has 0 aliphatic carbocycles. The molecular weight excluding hydrogens is 346 g/mol. The molecule has 1 aliphatic heterocycles. The Balaban J connectivity index is 2.00. The van der Waals surface area contributed by atoms with Crippen LogP contribution in [0.1, 0.15) is 23.7 Å². The minimum Gasteiger partial charge on any atom is -0.307 e. The number of benzene rings is 2. The van der Waals surface area contributed by atoms with Gasteiger partial charge in [-0.25, -0.2) is 0 Å². The SMILES string of the molecule is CC1CCN(C(=O)c2cccc(Br)c2)c2ccccc2S1. The molecule has 21 heavy (non-hydrogen) atoms. The first kappa shape index (κ1) is 14.7. The van der Waals surface area contributed by atoms with Crippen LogP contribution in [-0.2, 0) is 0 Å². The summed E-state index contributed by atoms with van der Waals surface area (Å²) < 4.78 is 0.930. The maximum absolute atomic E-state index is 12.9. The number of hydrogen-bond donors (Lipinski definition) is 0. The normalized spacial score (nSPS) is 18.0. The van der Waals surface area contributed by atoms with Crippen LogP contribution in [0.3, 0.4) is 0 Å². The molecule has 0 spiro atoms. The molecule has 108 valence electrons. The van der Waals surface area contributed by atoms with E-state index in [4.69, 9.17) is 0 Å². The van der Waals surface area contributed by atoms with Crippen molar-refractivity contribution in [1.29, 1.82) is 0 Å². The summed E-state index contributed by atoms with van der Waals surface area (Å²) in [7, 11) is 0. The number of para-hydroxylation sites is 1. The molecule has 4 heteroatoms. The van der Waals surface area contributed by atoms with E-state index in [1.165, 1.54) is 4.90 Å². The second-order valence-corrected chi connectivity index (χ2v) is 7.55. The molecule has 1 heterocycles. The van der Waals surface area contributed by atoms with E-state index in [-0.39, 0.29) is 5.91 Å². The van der Waals surface area contributed by atoms with E-state index in [1.807, 2.05) is 59.1 Å². The van der Waals surface area contributed by atoms with Gasteiger partial charge in [0.1, 0.15) is 0 Å². The van der Waals surface area contributed by atoms with E-state index in [2.05, 4.69) is 28.9 Å². The van der Waals surface area contributed by atoms with Gasteiger partial charge < -0.3 is 4.90 Å². The minimum atomic E-state index is 0.0680. The van der Waals surface area contributed by atoms with Crippen molar-refractivity contribution in [3.8, 4) is 0 Å². The monoisotopic (exact) mass is 361 g/mol. The first-order valence-corrected chi connectivity index (χ1v) is 8.65. The second-order valence-electron chi connectivity index (χ2n) is 5.15. The molecule has 0 saturated heterocycles. The lowest BCUT2D eigenvalue weighted by Gasteiger charge is -2.22. The van der Waals surface area contributed by atoms with Crippen LogP contribution in [-0.4, -0.2) is 17.7 Å². The molecule has 1 amide bonds. The van der Waals surface area contributed by atoms with Gasteiger partial charge in [-0.3, -0.25) is 4.79 Å². The standard InChI is InChI=1S/C17H16BrNOS/c1-12-9-10-19(15-7-2-3-8-16(15)21-12)17(20)13-5-4-6-14(18)11-13/h2-8,11-12H,9-10H2,1H3. The van der Waals surface area contributed by atoms with Gasteiger partial charge >= 0.3 is 0 Å². The van der Waals surface area contributed by atoms with Crippen LogP contribution in [0.4, 0.5) is 5.69 Å². The molecule has 0 saturated carbocycles. The Kier molecular flexibility index (Phi) is 4.36. The molecule has 2 aromatic carbocycles. The Morgan fingerprint density at radius 1 is 1.24 bits per heavy atom. The van der Waals surface area contributed by atoms with Crippen LogP contribution in [0.5, 0.6) is 0 Å². The van der Waals surface area contributed by atoms with Gasteiger partial charge in [0.15, 0.2) is 0 Å². The molecule has 1 unspecified atom stereocenters. The van der Waals surface area contributed by atoms with Gasteiger partial charge in [0.2, 0.25) is 0 Å². The number of hydrogen-bond acceptors (Lipinski definition) is 2. The van der Waals surface area contributed by atoms with Crippen molar-refractivity contribution in [2.75, 3.05) is 11.4 Å². The highest BCUT2D eigenvalue weighted by molar-refractivity contribution is 9.10. The van der Waals surface area contributed by atoms with E-state index in [9.17, 15) is 4.79 Å². The number of amides is 1. The molecule has 3 rings (SSSR count). The summed E-state index contributed by atoms with van der Waals surface area (Å²) in [5.74, 6) is 0.0680. The molecule has 0 bridgehead atoms. The van der Waals surface area contributed by atoms with Gasteiger partial charge in [-0.15, -0.1) is 11.8 Å². The summed E-state index contributed by atoms with van der Waals surface area (Å²) in [6.07, 6.45) is 0.999. The van der Waals surface area contributed by atoms with Gasteiger partial charge in [0, 0.05) is 26.7 Å². The first-order valence-electron chi connectivity index (χ1n) is 6.98. The van der Waals surface area contributed by atoms with Crippen molar-refractivity contribution in [1.82, 2.24) is 0 Å². The van der Waals surface area contributed by atoms with Crippen molar-refractivity contribution in [2.45, 2.75) is 23.5 Å². The molecule has 1 aliphatic rings. The first-order chi connectivity index (χ1) is 10.1. The summed E-state index contributed by atoms with van der Waals surface area (Å²) in [5.41, 5.74) is 1.75. The van der Waals surface area contributed by atoms with E-state index >= 15 is 0 Å². The molecule has 0 N–H and O–H groups in total. The maximum atomic E-state index is 12.9. The molecule has 0 fully saturated rings. The van der Waals surface area contributed by atoms with Gasteiger partial charge in [0.25, 0.3) is 5.91 Å². The number of rotatable bonds is 1. The third-order valence-electron chi connectivity index (χ3n) is 3.56. The van der Waals surface area contributed by atoms with Crippen LogP contribution in [0.15, 0.2) is 57.9 Å². The Bertz CT molecular complexity index is 673. The van der Waals surface area contributed by atoms with E-state index in [1.54, 1.807) is 0 Å². The predicted molar refractivity (Wildman–Crippen MR) is 92.2 cm³/mol. The summed E-state index contributed by atoms with van der Waals surface area (Å²) >= 11 is 5.29. The molecule has 2 nitrogen and oxygen atoms in total. The average molecular weight is 362 g/mol. The highest BCUT2D eigenvalue weighted by atomic mass is 79.9. The molecule has 2 aromatic rings. The number of thioether (sulfide) groups is 1. The van der Waals surface area contributed by atoms with Crippen LogP contribution in [0, 0.1) is 0 Å². The smallest absolute Gasteiger partial charge is 0.258 e. The van der Waals surface area contributed by atoms with Crippen LogP contribution in [0.2, 0.25) is 0 Å². The van der Waals surface area contributed by atoms with Crippen LogP contribution < -0.4 is 4.90 Å². The lowest BCUT2D eigenvalue weighted by Crippen LogP contribution is -2.32. The molecule has 1 atom stereocenters. The average Bonchev–Trinajstić information content (AvgIpc) is 2.65. The maximum Gasteiger partial charge on any atom is 0.258 e.